The second kappa shape index (κ2) is 12.8. The fourth-order valence-corrected chi connectivity index (χ4v) is 4.83. The maximum Gasteiger partial charge on any atom is 0.0402 e. The largest absolute Gasteiger partial charge is 0.371 e. The Balaban J connectivity index is 0.000000210. The summed E-state index contributed by atoms with van der Waals surface area (Å²) >= 11 is 0. The van der Waals surface area contributed by atoms with Gasteiger partial charge in [-0.25, -0.2) is 0 Å². The SMILES string of the molecule is C=C/C=C\N=C1CCCCC1.CNCC1Cc2c(cccc2N2CCC(C)CC2)CN1. The second-order valence-corrected chi connectivity index (χ2v) is 9.26. The van der Waals surface area contributed by atoms with Gasteiger partial charge in [0, 0.05) is 49.8 Å². The predicted octanol–water partition coefficient (Wildman–Crippen LogP) is 5.25. The van der Waals surface area contributed by atoms with E-state index < -0.39 is 0 Å². The normalized spacial score (nSPS) is 21.9. The molecule has 2 N–H and O–H groups in total. The number of piperidine rings is 1. The highest BCUT2D eigenvalue weighted by molar-refractivity contribution is 5.85. The molecule has 1 aromatic rings. The van der Waals surface area contributed by atoms with Crippen LogP contribution in [-0.4, -0.2) is 38.4 Å². The minimum Gasteiger partial charge on any atom is -0.371 e. The summed E-state index contributed by atoms with van der Waals surface area (Å²) in [7, 11) is 2.04. The molecule has 1 saturated carbocycles. The quantitative estimate of drug-likeness (QED) is 0.637. The van der Waals surface area contributed by atoms with Gasteiger partial charge in [-0.15, -0.1) is 0 Å². The number of nitrogens with zero attached hydrogens (tertiary/aromatic N) is 2. The van der Waals surface area contributed by atoms with E-state index in [-0.39, 0.29) is 0 Å². The minimum atomic E-state index is 0.567. The Labute approximate surface area is 189 Å². The van der Waals surface area contributed by atoms with Crippen LogP contribution in [0.1, 0.15) is 63.0 Å². The van der Waals surface area contributed by atoms with E-state index in [1.165, 1.54) is 75.0 Å². The van der Waals surface area contributed by atoms with E-state index in [9.17, 15) is 0 Å². The van der Waals surface area contributed by atoms with Gasteiger partial charge in [0.2, 0.25) is 0 Å². The number of aliphatic imine (C=N–C) groups is 1. The van der Waals surface area contributed by atoms with E-state index in [4.69, 9.17) is 0 Å². The van der Waals surface area contributed by atoms with E-state index in [1.807, 2.05) is 19.3 Å². The zero-order chi connectivity index (χ0) is 21.9. The number of rotatable bonds is 5. The van der Waals surface area contributed by atoms with Crippen LogP contribution in [0, 0.1) is 5.92 Å². The Bertz CT molecular complexity index is 736. The van der Waals surface area contributed by atoms with Crippen molar-refractivity contribution in [2.24, 2.45) is 10.9 Å². The Morgan fingerprint density at radius 1 is 1.19 bits per heavy atom. The molecule has 1 unspecified atom stereocenters. The topological polar surface area (TPSA) is 39.7 Å². The molecule has 0 aromatic heterocycles. The summed E-state index contributed by atoms with van der Waals surface area (Å²) in [5, 5.41) is 6.93. The van der Waals surface area contributed by atoms with Gasteiger partial charge in [-0.05, 0) is 81.2 Å². The Morgan fingerprint density at radius 3 is 2.68 bits per heavy atom. The smallest absolute Gasteiger partial charge is 0.0402 e. The first-order valence-corrected chi connectivity index (χ1v) is 12.3. The van der Waals surface area contributed by atoms with Crippen LogP contribution in [0.25, 0.3) is 0 Å². The highest BCUT2D eigenvalue weighted by Crippen LogP contribution is 2.31. The van der Waals surface area contributed by atoms with Crippen LogP contribution in [0.3, 0.4) is 0 Å². The summed E-state index contributed by atoms with van der Waals surface area (Å²) in [6.07, 6.45) is 15.7. The summed E-state index contributed by atoms with van der Waals surface area (Å²) in [5.74, 6) is 0.893. The molecule has 2 aliphatic heterocycles. The Hall–Kier alpha value is -1.91. The molecule has 4 nitrogen and oxygen atoms in total. The molecule has 0 bridgehead atoms. The van der Waals surface area contributed by atoms with Crippen molar-refractivity contribution in [3.8, 4) is 0 Å². The van der Waals surface area contributed by atoms with Crippen molar-refractivity contribution in [2.75, 3.05) is 31.6 Å². The van der Waals surface area contributed by atoms with Gasteiger partial charge < -0.3 is 15.5 Å². The van der Waals surface area contributed by atoms with Crippen molar-refractivity contribution in [1.29, 1.82) is 0 Å². The molecule has 1 saturated heterocycles. The molecule has 0 spiro atoms. The molecule has 4 heteroatoms. The van der Waals surface area contributed by atoms with E-state index in [0.29, 0.717) is 6.04 Å². The molecule has 0 amide bonds. The van der Waals surface area contributed by atoms with Crippen LogP contribution >= 0.6 is 0 Å². The van der Waals surface area contributed by atoms with E-state index >= 15 is 0 Å². The average Bonchev–Trinajstić information content (AvgIpc) is 2.81. The number of hydrogen-bond donors (Lipinski definition) is 2. The Morgan fingerprint density at radius 2 is 1.97 bits per heavy atom. The lowest BCUT2D eigenvalue weighted by Gasteiger charge is -2.36. The van der Waals surface area contributed by atoms with Gasteiger partial charge in [-0.2, -0.15) is 0 Å². The number of hydrogen-bond acceptors (Lipinski definition) is 4. The number of benzene rings is 1. The summed E-state index contributed by atoms with van der Waals surface area (Å²) in [6.45, 7) is 10.5. The molecule has 2 fully saturated rings. The first-order chi connectivity index (χ1) is 15.2. The molecule has 0 radical (unpaired) electrons. The molecular formula is C27H42N4. The lowest BCUT2D eigenvalue weighted by Crippen LogP contribution is -2.43. The number of anilines is 1. The van der Waals surface area contributed by atoms with Crippen molar-refractivity contribution >= 4 is 11.4 Å². The highest BCUT2D eigenvalue weighted by atomic mass is 15.1. The van der Waals surface area contributed by atoms with Crippen LogP contribution in [-0.2, 0) is 13.0 Å². The maximum absolute atomic E-state index is 4.34. The van der Waals surface area contributed by atoms with Crippen LogP contribution in [0.5, 0.6) is 0 Å². The fourth-order valence-electron chi connectivity index (χ4n) is 4.83. The van der Waals surface area contributed by atoms with Crippen molar-refractivity contribution < 1.29 is 0 Å². The van der Waals surface area contributed by atoms with Gasteiger partial charge in [0.05, 0.1) is 0 Å². The lowest BCUT2D eigenvalue weighted by molar-refractivity contribution is 0.433. The number of allylic oxidation sites excluding steroid dienone is 2. The van der Waals surface area contributed by atoms with E-state index in [1.54, 1.807) is 11.6 Å². The number of nitrogens with one attached hydrogen (secondary N) is 2. The van der Waals surface area contributed by atoms with Crippen LogP contribution < -0.4 is 15.5 Å². The molecule has 31 heavy (non-hydrogen) atoms. The van der Waals surface area contributed by atoms with Gasteiger partial charge in [0.25, 0.3) is 0 Å². The minimum absolute atomic E-state index is 0.567. The standard InChI is InChI=1S/C17H27N3.C10H15N/c1-13-6-8-20(9-7-13)17-5-3-4-14-11-19-15(12-18-2)10-16(14)17;1-2-3-9-11-10-7-5-4-6-8-10/h3-5,13,15,18-19H,6-12H2,1-2H3;2-3,9H,1,4-8H2/b;9-3-. The van der Waals surface area contributed by atoms with Crippen molar-refractivity contribution in [1.82, 2.24) is 10.6 Å². The molecule has 4 rings (SSSR count). The molecular weight excluding hydrogens is 380 g/mol. The first-order valence-electron chi connectivity index (χ1n) is 12.3. The third kappa shape index (κ3) is 7.33. The zero-order valence-electron chi connectivity index (χ0n) is 19.7. The first kappa shape index (κ1) is 23.7. The van der Waals surface area contributed by atoms with Crippen molar-refractivity contribution in [3.63, 3.8) is 0 Å². The van der Waals surface area contributed by atoms with Gasteiger partial charge in [-0.1, -0.05) is 38.1 Å². The fraction of sp³-hybridized carbons (Fsp3) is 0.593. The molecule has 2 heterocycles. The summed E-state index contributed by atoms with van der Waals surface area (Å²) in [6, 6.07) is 7.41. The van der Waals surface area contributed by atoms with Crippen molar-refractivity contribution in [2.45, 2.75) is 70.9 Å². The maximum atomic E-state index is 4.34. The van der Waals surface area contributed by atoms with Gasteiger partial charge in [-0.3, -0.25) is 4.99 Å². The molecule has 1 atom stereocenters. The monoisotopic (exact) mass is 422 g/mol. The summed E-state index contributed by atoms with van der Waals surface area (Å²) in [5.41, 5.74) is 5.93. The molecule has 1 aliphatic carbocycles. The van der Waals surface area contributed by atoms with Crippen molar-refractivity contribution in [3.05, 3.63) is 54.3 Å². The number of likely N-dealkylation sites (N-methyl/N-ethyl adjacent to an activating group) is 1. The second-order valence-electron chi connectivity index (χ2n) is 9.26. The lowest BCUT2D eigenvalue weighted by atomic mass is 9.92. The molecule has 1 aromatic carbocycles. The summed E-state index contributed by atoms with van der Waals surface area (Å²) < 4.78 is 0. The predicted molar refractivity (Wildman–Crippen MR) is 135 cm³/mol. The summed E-state index contributed by atoms with van der Waals surface area (Å²) in [4.78, 5) is 6.95. The van der Waals surface area contributed by atoms with Crippen LogP contribution in [0.4, 0.5) is 5.69 Å². The van der Waals surface area contributed by atoms with Gasteiger partial charge in [0.15, 0.2) is 0 Å². The third-order valence-corrected chi connectivity index (χ3v) is 6.76. The zero-order valence-corrected chi connectivity index (χ0v) is 19.7. The number of fused-ring (bicyclic) bond motifs is 1. The van der Waals surface area contributed by atoms with E-state index in [2.05, 4.69) is 52.2 Å². The molecule has 170 valence electrons. The third-order valence-electron chi connectivity index (χ3n) is 6.76. The Kier molecular flexibility index (Phi) is 9.83. The van der Waals surface area contributed by atoms with Gasteiger partial charge in [0.1, 0.15) is 0 Å². The van der Waals surface area contributed by atoms with Gasteiger partial charge >= 0.3 is 0 Å². The highest BCUT2D eigenvalue weighted by Gasteiger charge is 2.24. The average molecular weight is 423 g/mol. The van der Waals surface area contributed by atoms with Crippen LogP contribution in [0.15, 0.2) is 48.1 Å². The molecule has 3 aliphatic rings. The van der Waals surface area contributed by atoms with Crippen LogP contribution in [0.2, 0.25) is 0 Å². The van der Waals surface area contributed by atoms with E-state index in [0.717, 1.165) is 25.4 Å².